The summed E-state index contributed by atoms with van der Waals surface area (Å²) in [5.74, 6) is -0.432. The van der Waals surface area contributed by atoms with Crippen molar-refractivity contribution in [3.8, 4) is 6.07 Å². The largest absolute Gasteiger partial charge is 0.394 e. The van der Waals surface area contributed by atoms with Crippen LogP contribution < -0.4 is 0 Å². The van der Waals surface area contributed by atoms with Crippen molar-refractivity contribution in [2.75, 3.05) is 6.61 Å². The smallest absolute Gasteiger partial charge is 0.124 e. The zero-order chi connectivity index (χ0) is 19.7. The van der Waals surface area contributed by atoms with Crippen LogP contribution in [-0.2, 0) is 11.3 Å². The van der Waals surface area contributed by atoms with Crippen molar-refractivity contribution in [2.45, 2.75) is 96.7 Å². The van der Waals surface area contributed by atoms with Crippen LogP contribution in [0.2, 0.25) is 0 Å². The Labute approximate surface area is 164 Å². The highest BCUT2D eigenvalue weighted by Gasteiger charge is 2.09. The van der Waals surface area contributed by atoms with Crippen LogP contribution in [0.3, 0.4) is 0 Å². The van der Waals surface area contributed by atoms with E-state index in [0.29, 0.717) is 11.1 Å². The van der Waals surface area contributed by atoms with E-state index >= 15 is 0 Å². The Morgan fingerprint density at radius 2 is 1.56 bits per heavy atom. The minimum Gasteiger partial charge on any atom is -0.394 e. The summed E-state index contributed by atoms with van der Waals surface area (Å²) >= 11 is 0. The monoisotopic (exact) mass is 377 g/mol. The maximum absolute atomic E-state index is 13.4. The Bertz CT molecular complexity index is 542. The van der Waals surface area contributed by atoms with E-state index < -0.39 is 5.82 Å². The van der Waals surface area contributed by atoms with Gasteiger partial charge < -0.3 is 9.84 Å². The Morgan fingerprint density at radius 3 is 2.11 bits per heavy atom. The van der Waals surface area contributed by atoms with Crippen LogP contribution in [-0.4, -0.2) is 17.8 Å². The fraction of sp³-hybridized carbons (Fsp3) is 0.696. The Hall–Kier alpha value is -1.44. The summed E-state index contributed by atoms with van der Waals surface area (Å²) in [4.78, 5) is 0. The zero-order valence-electron chi connectivity index (χ0n) is 16.9. The molecule has 1 aromatic carbocycles. The van der Waals surface area contributed by atoms with Crippen LogP contribution in [0.5, 0.6) is 0 Å². The molecule has 0 bridgehead atoms. The summed E-state index contributed by atoms with van der Waals surface area (Å²) in [6.45, 7) is 2.44. The van der Waals surface area contributed by atoms with E-state index in [2.05, 4.69) is 6.92 Å². The number of benzene rings is 1. The van der Waals surface area contributed by atoms with Crippen LogP contribution in [0.25, 0.3) is 0 Å². The van der Waals surface area contributed by atoms with Gasteiger partial charge in [-0.15, -0.1) is 0 Å². The number of nitriles is 1. The molecule has 0 aliphatic rings. The highest BCUT2D eigenvalue weighted by atomic mass is 19.1. The second kappa shape index (κ2) is 15.6. The number of nitrogens with zero attached hydrogens (tertiary/aromatic N) is 1. The third-order valence-corrected chi connectivity index (χ3v) is 4.91. The molecule has 0 saturated heterocycles. The summed E-state index contributed by atoms with van der Waals surface area (Å²) < 4.78 is 19.1. The highest BCUT2D eigenvalue weighted by Crippen LogP contribution is 2.15. The van der Waals surface area contributed by atoms with Gasteiger partial charge in [-0.05, 0) is 30.2 Å². The lowest BCUT2D eigenvalue weighted by Crippen LogP contribution is -2.17. The van der Waals surface area contributed by atoms with Gasteiger partial charge in [-0.2, -0.15) is 5.26 Å². The molecule has 0 unspecified atom stereocenters. The molecule has 0 amide bonds. The Morgan fingerprint density at radius 1 is 0.963 bits per heavy atom. The topological polar surface area (TPSA) is 53.2 Å². The fourth-order valence-corrected chi connectivity index (χ4v) is 3.28. The van der Waals surface area contributed by atoms with Crippen LogP contribution in [0.15, 0.2) is 18.2 Å². The first-order chi connectivity index (χ1) is 13.2. The van der Waals surface area contributed by atoms with Crippen LogP contribution in [0, 0.1) is 17.1 Å². The lowest BCUT2D eigenvalue weighted by molar-refractivity contribution is -0.00357. The predicted molar refractivity (Wildman–Crippen MR) is 108 cm³/mol. The van der Waals surface area contributed by atoms with Gasteiger partial charge in [-0.25, -0.2) is 4.39 Å². The summed E-state index contributed by atoms with van der Waals surface area (Å²) in [6.07, 6.45) is 14.8. The van der Waals surface area contributed by atoms with Gasteiger partial charge in [-0.3, -0.25) is 0 Å². The zero-order valence-corrected chi connectivity index (χ0v) is 16.9. The van der Waals surface area contributed by atoms with E-state index in [1.165, 1.54) is 69.9 Å². The lowest BCUT2D eigenvalue weighted by atomic mass is 10.0. The average molecular weight is 378 g/mol. The van der Waals surface area contributed by atoms with E-state index in [0.717, 1.165) is 19.3 Å². The van der Waals surface area contributed by atoms with E-state index in [1.807, 2.05) is 6.07 Å². The quantitative estimate of drug-likeness (QED) is 0.345. The molecule has 0 fully saturated rings. The second-order valence-corrected chi connectivity index (χ2v) is 7.40. The molecule has 1 N–H and O–H groups in total. The number of halogens is 1. The van der Waals surface area contributed by atoms with Gasteiger partial charge in [0.1, 0.15) is 5.82 Å². The normalized spacial score (nSPS) is 12.1. The van der Waals surface area contributed by atoms with Crippen molar-refractivity contribution in [2.24, 2.45) is 0 Å². The molecule has 1 atom stereocenters. The summed E-state index contributed by atoms with van der Waals surface area (Å²) in [5.41, 5.74) is 0.920. The SMILES string of the molecule is CCCCCCCCCCCCC[C@@H](CO)OCc1cc(F)cc(C#N)c1. The lowest BCUT2D eigenvalue weighted by Gasteiger charge is -2.15. The third kappa shape index (κ3) is 11.8. The summed E-state index contributed by atoms with van der Waals surface area (Å²) in [6, 6.07) is 6.14. The first-order valence-corrected chi connectivity index (χ1v) is 10.6. The molecule has 0 spiro atoms. The van der Waals surface area contributed by atoms with E-state index in [1.54, 1.807) is 6.07 Å². The second-order valence-electron chi connectivity index (χ2n) is 7.40. The van der Waals surface area contributed by atoms with Gasteiger partial charge >= 0.3 is 0 Å². The molecule has 1 rings (SSSR count). The van der Waals surface area contributed by atoms with Gasteiger partial charge in [0.05, 0.1) is 31.0 Å². The number of aliphatic hydroxyl groups excluding tert-OH is 1. The highest BCUT2D eigenvalue weighted by molar-refractivity contribution is 5.33. The standard InChI is InChI=1S/C23H36FNO2/c1-2-3-4-5-6-7-8-9-10-11-12-13-23(18-26)27-19-21-14-20(17-25)15-22(24)16-21/h14-16,23,26H,2-13,18-19H2,1H3/t23-/m0/s1. The average Bonchev–Trinajstić information content (AvgIpc) is 2.67. The van der Waals surface area contributed by atoms with Crippen LogP contribution in [0.1, 0.15) is 95.1 Å². The molecule has 1 aromatic rings. The number of hydrogen-bond donors (Lipinski definition) is 1. The molecule has 0 saturated carbocycles. The van der Waals surface area contributed by atoms with Crippen LogP contribution in [0.4, 0.5) is 4.39 Å². The fourth-order valence-electron chi connectivity index (χ4n) is 3.28. The molecule has 0 aliphatic carbocycles. The van der Waals surface area contributed by atoms with Crippen molar-refractivity contribution in [1.29, 1.82) is 5.26 Å². The number of ether oxygens (including phenoxy) is 1. The van der Waals surface area contributed by atoms with Gasteiger partial charge in [-0.1, -0.05) is 77.6 Å². The van der Waals surface area contributed by atoms with Gasteiger partial charge in [0, 0.05) is 0 Å². The van der Waals surface area contributed by atoms with Crippen molar-refractivity contribution in [3.63, 3.8) is 0 Å². The molecule has 0 aromatic heterocycles. The molecular formula is C23H36FNO2. The molecule has 0 radical (unpaired) electrons. The Balaban J connectivity index is 2.08. The minimum atomic E-state index is -0.432. The molecule has 152 valence electrons. The summed E-state index contributed by atoms with van der Waals surface area (Å²) in [5, 5.41) is 18.4. The van der Waals surface area contributed by atoms with Crippen molar-refractivity contribution < 1.29 is 14.2 Å². The maximum Gasteiger partial charge on any atom is 0.124 e. The van der Waals surface area contributed by atoms with Crippen molar-refractivity contribution >= 4 is 0 Å². The molecule has 4 heteroatoms. The molecule has 27 heavy (non-hydrogen) atoms. The van der Waals surface area contributed by atoms with Gasteiger partial charge in [0.15, 0.2) is 0 Å². The maximum atomic E-state index is 13.4. The number of hydrogen-bond acceptors (Lipinski definition) is 3. The first-order valence-electron chi connectivity index (χ1n) is 10.6. The van der Waals surface area contributed by atoms with E-state index in [9.17, 15) is 9.50 Å². The van der Waals surface area contributed by atoms with Gasteiger partial charge in [0.2, 0.25) is 0 Å². The molecular weight excluding hydrogens is 341 g/mol. The van der Waals surface area contributed by atoms with Crippen molar-refractivity contribution in [3.05, 3.63) is 35.1 Å². The van der Waals surface area contributed by atoms with Crippen LogP contribution >= 0.6 is 0 Å². The Kier molecular flexibility index (Phi) is 13.6. The van der Waals surface area contributed by atoms with E-state index in [4.69, 9.17) is 10.00 Å². The number of rotatable bonds is 16. The number of aliphatic hydroxyl groups is 1. The first kappa shape index (κ1) is 23.6. The number of unbranched alkanes of at least 4 members (excludes halogenated alkanes) is 10. The van der Waals surface area contributed by atoms with Gasteiger partial charge in [0.25, 0.3) is 0 Å². The molecule has 0 aliphatic heterocycles. The minimum absolute atomic E-state index is 0.0296. The third-order valence-electron chi connectivity index (χ3n) is 4.91. The summed E-state index contributed by atoms with van der Waals surface area (Å²) in [7, 11) is 0. The van der Waals surface area contributed by atoms with E-state index in [-0.39, 0.29) is 19.3 Å². The molecule has 3 nitrogen and oxygen atoms in total. The molecule has 0 heterocycles. The van der Waals surface area contributed by atoms with Crippen molar-refractivity contribution in [1.82, 2.24) is 0 Å². The predicted octanol–water partition coefficient (Wildman–Crippen LogP) is 6.28.